The van der Waals surface area contributed by atoms with Gasteiger partial charge in [-0.3, -0.25) is 9.59 Å². The quantitative estimate of drug-likeness (QED) is 0.653. The minimum atomic E-state index is -1.18. The largest absolute Gasteiger partial charge is 0.388 e. The van der Waals surface area contributed by atoms with E-state index in [1.54, 1.807) is 25.1 Å². The number of nitrogens with one attached hydrogen (secondary N) is 2. The van der Waals surface area contributed by atoms with Crippen LogP contribution in [0.3, 0.4) is 0 Å². The number of aliphatic hydroxyl groups excluding tert-OH is 2. The SMILES string of the molecule is CC(=O)NCC(O)C(O)c1ccc2[nH]c(C)cc(=O)c2c1. The molecule has 2 aromatic rings. The van der Waals surface area contributed by atoms with Gasteiger partial charge >= 0.3 is 0 Å². The average molecular weight is 290 g/mol. The van der Waals surface area contributed by atoms with Crippen molar-refractivity contribution in [3.8, 4) is 0 Å². The van der Waals surface area contributed by atoms with Crippen molar-refractivity contribution in [3.63, 3.8) is 0 Å². The van der Waals surface area contributed by atoms with Crippen LogP contribution >= 0.6 is 0 Å². The van der Waals surface area contributed by atoms with Crippen LogP contribution in [0.4, 0.5) is 0 Å². The zero-order chi connectivity index (χ0) is 15.6. The summed E-state index contributed by atoms with van der Waals surface area (Å²) in [5, 5.41) is 22.8. The van der Waals surface area contributed by atoms with Gasteiger partial charge in [-0.05, 0) is 24.6 Å². The second-order valence-corrected chi connectivity index (χ2v) is 5.07. The number of aliphatic hydroxyl groups is 2. The molecule has 0 fully saturated rings. The highest BCUT2D eigenvalue weighted by Gasteiger charge is 2.19. The highest BCUT2D eigenvalue weighted by Crippen LogP contribution is 2.20. The van der Waals surface area contributed by atoms with Crippen LogP contribution in [-0.2, 0) is 4.79 Å². The van der Waals surface area contributed by atoms with Gasteiger partial charge in [0.05, 0.1) is 0 Å². The van der Waals surface area contributed by atoms with E-state index in [2.05, 4.69) is 10.3 Å². The van der Waals surface area contributed by atoms with Gasteiger partial charge in [-0.25, -0.2) is 0 Å². The fourth-order valence-corrected chi connectivity index (χ4v) is 2.16. The van der Waals surface area contributed by atoms with E-state index in [0.717, 1.165) is 5.69 Å². The van der Waals surface area contributed by atoms with Gasteiger partial charge < -0.3 is 20.5 Å². The molecule has 112 valence electrons. The van der Waals surface area contributed by atoms with Gasteiger partial charge in [-0.1, -0.05) is 6.07 Å². The van der Waals surface area contributed by atoms with E-state index < -0.39 is 12.2 Å². The lowest BCUT2D eigenvalue weighted by Crippen LogP contribution is -2.34. The molecule has 2 rings (SSSR count). The number of hydrogen-bond acceptors (Lipinski definition) is 4. The lowest BCUT2D eigenvalue weighted by molar-refractivity contribution is -0.119. The third-order valence-electron chi connectivity index (χ3n) is 3.25. The molecule has 0 bridgehead atoms. The molecule has 0 saturated heterocycles. The van der Waals surface area contributed by atoms with Gasteiger partial charge in [0.15, 0.2) is 5.43 Å². The Morgan fingerprint density at radius 3 is 2.71 bits per heavy atom. The third kappa shape index (κ3) is 3.48. The first-order valence-corrected chi connectivity index (χ1v) is 6.62. The van der Waals surface area contributed by atoms with E-state index in [9.17, 15) is 19.8 Å². The summed E-state index contributed by atoms with van der Waals surface area (Å²) in [7, 11) is 0. The Labute approximate surface area is 121 Å². The monoisotopic (exact) mass is 290 g/mol. The number of benzene rings is 1. The fourth-order valence-electron chi connectivity index (χ4n) is 2.16. The molecule has 1 aromatic heterocycles. The third-order valence-corrected chi connectivity index (χ3v) is 3.25. The van der Waals surface area contributed by atoms with Crippen LogP contribution in [0.15, 0.2) is 29.1 Å². The fraction of sp³-hybridized carbons (Fsp3) is 0.333. The number of carbonyl (C=O) groups is 1. The first-order chi connectivity index (χ1) is 9.88. The number of hydrogen-bond donors (Lipinski definition) is 4. The number of carbonyl (C=O) groups excluding carboxylic acids is 1. The number of fused-ring (bicyclic) bond motifs is 1. The second-order valence-electron chi connectivity index (χ2n) is 5.07. The molecular formula is C15H18N2O4. The average Bonchev–Trinajstić information content (AvgIpc) is 2.43. The predicted molar refractivity (Wildman–Crippen MR) is 79.0 cm³/mol. The number of aromatic amines is 1. The van der Waals surface area contributed by atoms with Crippen LogP contribution in [0.1, 0.15) is 24.3 Å². The van der Waals surface area contributed by atoms with Crippen LogP contribution in [0.5, 0.6) is 0 Å². The van der Waals surface area contributed by atoms with Crippen LogP contribution in [-0.4, -0.2) is 33.8 Å². The zero-order valence-electron chi connectivity index (χ0n) is 11.9. The molecule has 4 N–H and O–H groups in total. The minimum Gasteiger partial charge on any atom is -0.388 e. The Morgan fingerprint density at radius 2 is 2.05 bits per heavy atom. The van der Waals surface area contributed by atoms with Gasteiger partial charge in [-0.2, -0.15) is 0 Å². The van der Waals surface area contributed by atoms with Crippen molar-refractivity contribution in [2.75, 3.05) is 6.54 Å². The normalized spacial score (nSPS) is 13.9. The van der Waals surface area contributed by atoms with E-state index in [4.69, 9.17) is 0 Å². The Morgan fingerprint density at radius 1 is 1.33 bits per heavy atom. The lowest BCUT2D eigenvalue weighted by atomic mass is 10.0. The maximum Gasteiger partial charge on any atom is 0.216 e. The molecule has 2 atom stereocenters. The highest BCUT2D eigenvalue weighted by molar-refractivity contribution is 5.79. The van der Waals surface area contributed by atoms with Gasteiger partial charge in [0.1, 0.15) is 12.2 Å². The molecule has 6 heteroatoms. The Bertz CT molecular complexity index is 723. The van der Waals surface area contributed by atoms with Crippen molar-refractivity contribution in [2.45, 2.75) is 26.1 Å². The Balaban J connectivity index is 2.30. The molecule has 0 radical (unpaired) electrons. The molecule has 21 heavy (non-hydrogen) atoms. The molecule has 0 aliphatic heterocycles. The standard InChI is InChI=1S/C15H18N2O4/c1-8-5-13(19)11-6-10(3-4-12(11)17-8)15(21)14(20)7-16-9(2)18/h3-6,14-15,20-21H,7H2,1-2H3,(H,16,18)(H,17,19). The maximum atomic E-state index is 11.9. The molecule has 0 spiro atoms. The van der Waals surface area contributed by atoms with E-state index in [1.165, 1.54) is 13.0 Å². The highest BCUT2D eigenvalue weighted by atomic mass is 16.3. The zero-order valence-corrected chi connectivity index (χ0v) is 11.9. The summed E-state index contributed by atoms with van der Waals surface area (Å²) in [5.74, 6) is -0.285. The Hall–Kier alpha value is -2.18. The number of rotatable bonds is 4. The van der Waals surface area contributed by atoms with Crippen molar-refractivity contribution in [3.05, 3.63) is 45.7 Å². The number of pyridine rings is 1. The van der Waals surface area contributed by atoms with E-state index >= 15 is 0 Å². The van der Waals surface area contributed by atoms with Crippen molar-refractivity contribution in [1.29, 1.82) is 0 Å². The molecule has 0 aliphatic rings. The lowest BCUT2D eigenvalue weighted by Gasteiger charge is -2.18. The van der Waals surface area contributed by atoms with Gasteiger partial charge in [0, 0.05) is 36.1 Å². The molecule has 2 unspecified atom stereocenters. The summed E-state index contributed by atoms with van der Waals surface area (Å²) in [5.41, 5.74) is 1.71. The van der Waals surface area contributed by atoms with Crippen molar-refractivity contribution in [1.82, 2.24) is 10.3 Å². The summed E-state index contributed by atoms with van der Waals surface area (Å²) in [4.78, 5) is 25.8. The summed E-state index contributed by atoms with van der Waals surface area (Å²) < 4.78 is 0. The summed E-state index contributed by atoms with van der Waals surface area (Å²) in [6, 6.07) is 6.36. The molecule has 1 aromatic carbocycles. The predicted octanol–water partition coefficient (Wildman–Crippen LogP) is 0.367. The smallest absolute Gasteiger partial charge is 0.216 e. The van der Waals surface area contributed by atoms with Crippen LogP contribution in [0.2, 0.25) is 0 Å². The van der Waals surface area contributed by atoms with Crippen molar-refractivity contribution in [2.24, 2.45) is 0 Å². The first kappa shape index (κ1) is 15.2. The van der Waals surface area contributed by atoms with Crippen molar-refractivity contribution >= 4 is 16.8 Å². The number of aryl methyl sites for hydroxylation is 1. The van der Waals surface area contributed by atoms with Crippen molar-refractivity contribution < 1.29 is 15.0 Å². The maximum absolute atomic E-state index is 11.9. The van der Waals surface area contributed by atoms with Crippen LogP contribution in [0.25, 0.3) is 10.9 Å². The number of aromatic nitrogens is 1. The summed E-state index contributed by atoms with van der Waals surface area (Å²) >= 11 is 0. The molecular weight excluding hydrogens is 272 g/mol. The number of H-pyrrole nitrogens is 1. The van der Waals surface area contributed by atoms with Gasteiger partial charge in [-0.15, -0.1) is 0 Å². The molecule has 0 aliphatic carbocycles. The van der Waals surface area contributed by atoms with E-state index in [0.29, 0.717) is 16.5 Å². The Kier molecular flexibility index (Phi) is 4.40. The second kappa shape index (κ2) is 6.07. The summed E-state index contributed by atoms with van der Waals surface area (Å²) in [6.07, 6.45) is -2.32. The minimum absolute atomic E-state index is 0.0568. The number of amides is 1. The molecule has 1 amide bonds. The molecule has 0 saturated carbocycles. The van der Waals surface area contributed by atoms with Crippen LogP contribution in [0, 0.1) is 6.92 Å². The first-order valence-electron chi connectivity index (χ1n) is 6.62. The van der Waals surface area contributed by atoms with Crippen LogP contribution < -0.4 is 10.7 Å². The molecule has 1 heterocycles. The topological polar surface area (TPSA) is 102 Å². The van der Waals surface area contributed by atoms with E-state index in [-0.39, 0.29) is 17.9 Å². The van der Waals surface area contributed by atoms with Gasteiger partial charge in [0.2, 0.25) is 5.91 Å². The van der Waals surface area contributed by atoms with E-state index in [1.807, 2.05) is 0 Å². The van der Waals surface area contributed by atoms with Gasteiger partial charge in [0.25, 0.3) is 0 Å². The summed E-state index contributed by atoms with van der Waals surface area (Å²) in [6.45, 7) is 3.07. The molecule has 6 nitrogen and oxygen atoms in total.